The maximum atomic E-state index is 6.43. The first kappa shape index (κ1) is 12.4. The molecule has 0 radical (unpaired) electrons. The summed E-state index contributed by atoms with van der Waals surface area (Å²) in [7, 11) is 4.86. The summed E-state index contributed by atoms with van der Waals surface area (Å²) in [5.74, 6) is 2.41. The summed E-state index contributed by atoms with van der Waals surface area (Å²) in [5.41, 5.74) is 2.23. The van der Waals surface area contributed by atoms with Crippen molar-refractivity contribution in [1.29, 1.82) is 0 Å². The van der Waals surface area contributed by atoms with Gasteiger partial charge in [-0.05, 0) is 24.0 Å². The Morgan fingerprint density at radius 1 is 1.12 bits per heavy atom. The Morgan fingerprint density at radius 3 is 2.29 bits per heavy atom. The van der Waals surface area contributed by atoms with E-state index < -0.39 is 0 Å². The number of fused-ring (bicyclic) bond motifs is 1. The number of methoxy groups -OCH3 is 3. The number of benzene rings is 1. The normalized spacial score (nSPS) is 22.2. The molecule has 0 N–H and O–H groups in total. The van der Waals surface area contributed by atoms with Crippen LogP contribution in [0, 0.1) is 5.92 Å². The lowest BCUT2D eigenvalue weighted by atomic mass is 10.1. The molecule has 17 heavy (non-hydrogen) atoms. The second kappa shape index (κ2) is 4.65. The number of ether oxygens (including phenoxy) is 3. The fraction of sp³-hybridized carbons (Fsp3) is 0.538. The third-order valence-electron chi connectivity index (χ3n) is 3.27. The van der Waals surface area contributed by atoms with Gasteiger partial charge in [0.25, 0.3) is 0 Å². The van der Waals surface area contributed by atoms with Crippen molar-refractivity contribution in [1.82, 2.24) is 0 Å². The number of hydrogen-bond acceptors (Lipinski definition) is 3. The van der Waals surface area contributed by atoms with Crippen LogP contribution < -0.4 is 14.2 Å². The van der Waals surface area contributed by atoms with Gasteiger partial charge in [0, 0.05) is 5.56 Å². The minimum absolute atomic E-state index is 0.0280. The lowest BCUT2D eigenvalue weighted by Gasteiger charge is -2.17. The fourth-order valence-electron chi connectivity index (χ4n) is 2.44. The first-order valence-corrected chi connectivity index (χ1v) is 6.03. The highest BCUT2D eigenvalue weighted by Crippen LogP contribution is 2.52. The second-order valence-corrected chi connectivity index (χ2v) is 4.77. The molecule has 3 nitrogen and oxygen atoms in total. The molecule has 0 aliphatic heterocycles. The van der Waals surface area contributed by atoms with Crippen molar-refractivity contribution in [2.75, 3.05) is 21.3 Å². The van der Waals surface area contributed by atoms with E-state index >= 15 is 0 Å². The molecule has 94 valence electrons. The van der Waals surface area contributed by atoms with Crippen LogP contribution in [0.15, 0.2) is 6.07 Å². The lowest BCUT2D eigenvalue weighted by Crippen LogP contribution is -2.00. The molecule has 4 heteroatoms. The zero-order valence-corrected chi connectivity index (χ0v) is 11.3. The fourth-order valence-corrected chi connectivity index (χ4v) is 2.76. The van der Waals surface area contributed by atoms with E-state index in [1.807, 2.05) is 6.07 Å². The molecule has 2 atom stereocenters. The number of hydrogen-bond donors (Lipinski definition) is 0. The zero-order chi connectivity index (χ0) is 12.6. The Balaban J connectivity index is 2.65. The minimum Gasteiger partial charge on any atom is -0.493 e. The lowest BCUT2D eigenvalue weighted by molar-refractivity contribution is 0.322. The largest absolute Gasteiger partial charge is 0.493 e. The molecular weight excluding hydrogens is 240 g/mol. The molecule has 2 unspecified atom stereocenters. The maximum absolute atomic E-state index is 6.43. The van der Waals surface area contributed by atoms with Crippen LogP contribution in [0.2, 0.25) is 0 Å². The van der Waals surface area contributed by atoms with Crippen molar-refractivity contribution in [3.63, 3.8) is 0 Å². The number of alkyl halides is 1. The van der Waals surface area contributed by atoms with E-state index in [9.17, 15) is 0 Å². The monoisotopic (exact) mass is 256 g/mol. The summed E-state index contributed by atoms with van der Waals surface area (Å²) in [5, 5.41) is -0.0280. The number of halogens is 1. The van der Waals surface area contributed by atoms with Crippen molar-refractivity contribution in [2.45, 2.75) is 18.7 Å². The van der Waals surface area contributed by atoms with Crippen LogP contribution in [0.25, 0.3) is 0 Å². The number of rotatable bonds is 3. The van der Waals surface area contributed by atoms with Crippen molar-refractivity contribution < 1.29 is 14.2 Å². The van der Waals surface area contributed by atoms with E-state index in [0.717, 1.165) is 12.0 Å². The zero-order valence-electron chi connectivity index (χ0n) is 10.5. The summed E-state index contributed by atoms with van der Waals surface area (Å²) in [4.78, 5) is 0. The quantitative estimate of drug-likeness (QED) is 0.778. The average molecular weight is 257 g/mol. The van der Waals surface area contributed by atoms with E-state index in [1.165, 1.54) is 5.56 Å². The van der Waals surface area contributed by atoms with Gasteiger partial charge in [0.1, 0.15) is 0 Å². The molecule has 2 rings (SSSR count). The summed E-state index contributed by atoms with van der Waals surface area (Å²) in [6.45, 7) is 2.13. The smallest absolute Gasteiger partial charge is 0.203 e. The van der Waals surface area contributed by atoms with Crippen LogP contribution in [0.4, 0.5) is 0 Å². The standard InChI is InChI=1S/C13H17ClO3/c1-7-5-8-6-9(15-2)12(16-3)13(17-4)10(8)11(7)14/h6-7,11H,5H2,1-4H3. The molecule has 1 aromatic rings. The van der Waals surface area contributed by atoms with Gasteiger partial charge in [0.05, 0.1) is 26.7 Å². The van der Waals surface area contributed by atoms with Crippen LogP contribution in [-0.4, -0.2) is 21.3 Å². The first-order chi connectivity index (χ1) is 8.13. The predicted octanol–water partition coefficient (Wildman–Crippen LogP) is 3.18. The molecule has 0 bridgehead atoms. The highest BCUT2D eigenvalue weighted by Gasteiger charge is 2.34. The van der Waals surface area contributed by atoms with Gasteiger partial charge in [-0.3, -0.25) is 0 Å². The topological polar surface area (TPSA) is 27.7 Å². The van der Waals surface area contributed by atoms with E-state index in [4.69, 9.17) is 25.8 Å². The Labute approximate surface area is 107 Å². The van der Waals surface area contributed by atoms with Crippen LogP contribution in [0.5, 0.6) is 17.2 Å². The van der Waals surface area contributed by atoms with Gasteiger partial charge >= 0.3 is 0 Å². The van der Waals surface area contributed by atoms with Crippen LogP contribution in [-0.2, 0) is 6.42 Å². The summed E-state index contributed by atoms with van der Waals surface area (Å²) < 4.78 is 16.1. The molecule has 0 heterocycles. The highest BCUT2D eigenvalue weighted by molar-refractivity contribution is 6.21. The van der Waals surface area contributed by atoms with E-state index in [1.54, 1.807) is 21.3 Å². The van der Waals surface area contributed by atoms with Crippen molar-refractivity contribution in [3.05, 3.63) is 17.2 Å². The maximum Gasteiger partial charge on any atom is 0.203 e. The summed E-state index contributed by atoms with van der Waals surface area (Å²) >= 11 is 6.43. The molecule has 0 spiro atoms. The van der Waals surface area contributed by atoms with Gasteiger partial charge in [-0.2, -0.15) is 0 Å². The second-order valence-electron chi connectivity index (χ2n) is 4.30. The van der Waals surface area contributed by atoms with Crippen LogP contribution in [0.1, 0.15) is 23.4 Å². The molecule has 0 saturated carbocycles. The van der Waals surface area contributed by atoms with E-state index in [0.29, 0.717) is 23.2 Å². The SMILES string of the molecule is COc1cc2c(c(OC)c1OC)C(Cl)C(C)C2. The van der Waals surface area contributed by atoms with Crippen LogP contribution in [0.3, 0.4) is 0 Å². The van der Waals surface area contributed by atoms with Crippen molar-refractivity contribution >= 4 is 11.6 Å². The van der Waals surface area contributed by atoms with E-state index in [-0.39, 0.29) is 5.38 Å². The third kappa shape index (κ3) is 1.82. The van der Waals surface area contributed by atoms with Gasteiger partial charge in [-0.15, -0.1) is 11.6 Å². The molecule has 1 aliphatic carbocycles. The van der Waals surface area contributed by atoms with Gasteiger partial charge < -0.3 is 14.2 Å². The molecule has 0 aromatic heterocycles. The molecule has 1 aromatic carbocycles. The molecule has 0 amide bonds. The first-order valence-electron chi connectivity index (χ1n) is 5.59. The highest BCUT2D eigenvalue weighted by atomic mass is 35.5. The Hall–Kier alpha value is -1.09. The van der Waals surface area contributed by atoms with Crippen molar-refractivity contribution in [2.24, 2.45) is 5.92 Å². The molecular formula is C13H17ClO3. The van der Waals surface area contributed by atoms with Gasteiger partial charge in [0.2, 0.25) is 5.75 Å². The third-order valence-corrected chi connectivity index (χ3v) is 3.92. The van der Waals surface area contributed by atoms with E-state index in [2.05, 4.69) is 6.92 Å². The molecule has 0 saturated heterocycles. The predicted molar refractivity (Wildman–Crippen MR) is 67.6 cm³/mol. The molecule has 1 aliphatic rings. The Morgan fingerprint density at radius 2 is 1.76 bits per heavy atom. The molecule has 0 fully saturated rings. The summed E-state index contributed by atoms with van der Waals surface area (Å²) in [6, 6.07) is 2.00. The average Bonchev–Trinajstić information content (AvgIpc) is 2.62. The Bertz CT molecular complexity index is 431. The van der Waals surface area contributed by atoms with Crippen molar-refractivity contribution in [3.8, 4) is 17.2 Å². The minimum atomic E-state index is -0.0280. The van der Waals surface area contributed by atoms with Crippen LogP contribution >= 0.6 is 11.6 Å². The van der Waals surface area contributed by atoms with Gasteiger partial charge in [0.15, 0.2) is 11.5 Å². The van der Waals surface area contributed by atoms with Gasteiger partial charge in [-0.25, -0.2) is 0 Å². The Kier molecular flexibility index (Phi) is 3.38. The summed E-state index contributed by atoms with van der Waals surface area (Å²) in [6.07, 6.45) is 0.945. The van der Waals surface area contributed by atoms with Gasteiger partial charge in [-0.1, -0.05) is 6.92 Å².